The molecule has 1 aliphatic heterocycles. The van der Waals surface area contributed by atoms with Crippen LogP contribution in [0.1, 0.15) is 5.56 Å². The maximum Gasteiger partial charge on any atom is 0.239 e. The summed E-state index contributed by atoms with van der Waals surface area (Å²) in [6, 6.07) is 9.47. The lowest BCUT2D eigenvalue weighted by Crippen LogP contribution is -2.53. The Morgan fingerprint density at radius 2 is 1.92 bits per heavy atom. The smallest absolute Gasteiger partial charge is 0.239 e. The Morgan fingerprint density at radius 1 is 1.15 bits per heavy atom. The molecule has 1 fully saturated rings. The van der Waals surface area contributed by atoms with Crippen molar-refractivity contribution in [2.45, 2.75) is 12.5 Å². The number of nitrogens with two attached hydrogens (primary N) is 1. The summed E-state index contributed by atoms with van der Waals surface area (Å²) >= 11 is 0. The van der Waals surface area contributed by atoms with E-state index in [-0.39, 0.29) is 5.91 Å². The highest BCUT2D eigenvalue weighted by Crippen LogP contribution is 2.17. The van der Waals surface area contributed by atoms with E-state index in [0.717, 1.165) is 35.2 Å². The van der Waals surface area contributed by atoms with Crippen molar-refractivity contribution >= 4 is 22.5 Å². The number of anilines is 1. The minimum Gasteiger partial charge on any atom is -0.368 e. The Labute approximate surface area is 151 Å². The van der Waals surface area contributed by atoms with E-state index in [1.54, 1.807) is 18.6 Å². The quantitative estimate of drug-likeness (QED) is 0.737. The average Bonchev–Trinajstić information content (AvgIpc) is 3.16. The maximum absolute atomic E-state index is 12.7. The molecular weight excluding hydrogens is 328 g/mol. The second-order valence-corrected chi connectivity index (χ2v) is 6.62. The van der Waals surface area contributed by atoms with Gasteiger partial charge in [0.05, 0.1) is 17.8 Å². The molecule has 1 unspecified atom stereocenters. The van der Waals surface area contributed by atoms with Gasteiger partial charge in [0, 0.05) is 49.6 Å². The van der Waals surface area contributed by atoms with Gasteiger partial charge >= 0.3 is 0 Å². The van der Waals surface area contributed by atoms with Crippen LogP contribution in [0.2, 0.25) is 0 Å². The normalized spacial score (nSPS) is 16.0. The lowest BCUT2D eigenvalue weighted by Gasteiger charge is -2.37. The van der Waals surface area contributed by atoms with E-state index < -0.39 is 6.04 Å². The molecule has 0 aliphatic carbocycles. The minimum atomic E-state index is -0.521. The van der Waals surface area contributed by atoms with Gasteiger partial charge in [-0.1, -0.05) is 6.07 Å². The van der Waals surface area contributed by atoms with Crippen LogP contribution in [0, 0.1) is 0 Å². The fourth-order valence-corrected chi connectivity index (χ4v) is 3.43. The van der Waals surface area contributed by atoms with Crippen LogP contribution in [0.4, 0.5) is 5.69 Å². The number of aromatic amines is 1. The Morgan fingerprint density at radius 3 is 2.69 bits per heavy atom. The zero-order valence-electron chi connectivity index (χ0n) is 14.5. The molecular formula is C19H22N6O. The first-order valence-corrected chi connectivity index (χ1v) is 8.82. The highest BCUT2D eigenvalue weighted by molar-refractivity contribution is 5.83. The molecule has 1 atom stereocenters. The number of benzene rings is 1. The third-order valence-electron chi connectivity index (χ3n) is 4.90. The molecule has 0 bridgehead atoms. The average molecular weight is 350 g/mol. The monoisotopic (exact) mass is 350 g/mol. The van der Waals surface area contributed by atoms with Gasteiger partial charge in [0.1, 0.15) is 0 Å². The molecule has 2 aromatic heterocycles. The lowest BCUT2D eigenvalue weighted by molar-refractivity contribution is -0.132. The van der Waals surface area contributed by atoms with Gasteiger partial charge in [0.2, 0.25) is 5.91 Å². The largest absolute Gasteiger partial charge is 0.368 e. The van der Waals surface area contributed by atoms with E-state index >= 15 is 0 Å². The van der Waals surface area contributed by atoms with Crippen molar-refractivity contribution in [3.63, 3.8) is 0 Å². The molecule has 7 nitrogen and oxygen atoms in total. The number of rotatable bonds is 4. The zero-order valence-corrected chi connectivity index (χ0v) is 14.5. The lowest BCUT2D eigenvalue weighted by atomic mass is 10.0. The molecule has 1 saturated heterocycles. The highest BCUT2D eigenvalue weighted by Gasteiger charge is 2.25. The van der Waals surface area contributed by atoms with Gasteiger partial charge in [-0.25, -0.2) is 0 Å². The number of nitrogens with one attached hydrogen (secondary N) is 1. The van der Waals surface area contributed by atoms with Gasteiger partial charge < -0.3 is 15.5 Å². The minimum absolute atomic E-state index is 0.0201. The van der Waals surface area contributed by atoms with Crippen LogP contribution < -0.4 is 10.6 Å². The van der Waals surface area contributed by atoms with E-state index in [9.17, 15) is 4.79 Å². The first-order valence-electron chi connectivity index (χ1n) is 8.82. The predicted octanol–water partition coefficient (Wildman–Crippen LogP) is 1.18. The van der Waals surface area contributed by atoms with Crippen molar-refractivity contribution in [2.75, 3.05) is 31.1 Å². The van der Waals surface area contributed by atoms with Crippen LogP contribution in [0.3, 0.4) is 0 Å². The van der Waals surface area contributed by atoms with Crippen LogP contribution in [0.25, 0.3) is 10.9 Å². The van der Waals surface area contributed by atoms with Crippen LogP contribution in [0.5, 0.6) is 0 Å². The summed E-state index contributed by atoms with van der Waals surface area (Å²) in [5, 5.41) is 7.98. The summed E-state index contributed by atoms with van der Waals surface area (Å²) in [7, 11) is 0. The van der Waals surface area contributed by atoms with Crippen molar-refractivity contribution in [3.05, 3.63) is 54.5 Å². The van der Waals surface area contributed by atoms with Crippen molar-refractivity contribution in [2.24, 2.45) is 5.73 Å². The number of amides is 1. The molecule has 1 amide bonds. The van der Waals surface area contributed by atoms with Crippen LogP contribution in [-0.4, -0.2) is 58.2 Å². The van der Waals surface area contributed by atoms with Gasteiger partial charge in [0.25, 0.3) is 0 Å². The van der Waals surface area contributed by atoms with E-state index in [1.165, 1.54) is 0 Å². The summed E-state index contributed by atoms with van der Waals surface area (Å²) in [5.74, 6) is 0.0201. The molecule has 0 radical (unpaired) electrons. The van der Waals surface area contributed by atoms with Gasteiger partial charge in [-0.3, -0.25) is 14.9 Å². The molecule has 26 heavy (non-hydrogen) atoms. The number of carbonyl (C=O) groups excluding carboxylic acids is 1. The molecule has 1 aliphatic rings. The van der Waals surface area contributed by atoms with Crippen LogP contribution >= 0.6 is 0 Å². The summed E-state index contributed by atoms with van der Waals surface area (Å²) in [4.78, 5) is 20.9. The number of carbonyl (C=O) groups is 1. The van der Waals surface area contributed by atoms with E-state index in [0.29, 0.717) is 19.5 Å². The van der Waals surface area contributed by atoms with Crippen molar-refractivity contribution in [3.8, 4) is 0 Å². The topological polar surface area (TPSA) is 91.1 Å². The Balaban J connectivity index is 1.35. The number of aromatic nitrogens is 3. The number of pyridine rings is 1. The summed E-state index contributed by atoms with van der Waals surface area (Å²) in [6.45, 7) is 3.00. The van der Waals surface area contributed by atoms with Gasteiger partial charge in [-0.15, -0.1) is 0 Å². The van der Waals surface area contributed by atoms with E-state index in [1.807, 2.05) is 35.2 Å². The molecule has 1 aromatic carbocycles. The number of hydrogen-bond acceptors (Lipinski definition) is 5. The Hall–Kier alpha value is -2.93. The van der Waals surface area contributed by atoms with Crippen LogP contribution in [0.15, 0.2) is 48.9 Å². The third kappa shape index (κ3) is 3.39. The second kappa shape index (κ2) is 7.13. The first kappa shape index (κ1) is 16.5. The van der Waals surface area contributed by atoms with Gasteiger partial charge in [-0.2, -0.15) is 5.10 Å². The van der Waals surface area contributed by atoms with Crippen molar-refractivity contribution in [1.29, 1.82) is 0 Å². The number of H-pyrrole nitrogens is 1. The molecule has 134 valence electrons. The fourth-order valence-electron chi connectivity index (χ4n) is 3.43. The standard InChI is InChI=1S/C19H22N6O/c20-17(12-14-1-2-18-15(11-14)13-22-23-18)19(26)25-9-7-24(8-10-25)16-3-5-21-6-4-16/h1-6,11,13,17H,7-10,12,20H2,(H,22,23). The molecule has 7 heteroatoms. The van der Waals surface area contributed by atoms with Crippen molar-refractivity contribution in [1.82, 2.24) is 20.1 Å². The Bertz CT molecular complexity index is 885. The summed E-state index contributed by atoms with van der Waals surface area (Å²) in [5.41, 5.74) is 9.39. The zero-order chi connectivity index (χ0) is 17.9. The Kier molecular flexibility index (Phi) is 4.53. The van der Waals surface area contributed by atoms with Gasteiger partial charge in [0.15, 0.2) is 0 Å². The van der Waals surface area contributed by atoms with Gasteiger partial charge in [-0.05, 0) is 36.2 Å². The molecule has 3 heterocycles. The molecule has 3 N–H and O–H groups in total. The maximum atomic E-state index is 12.7. The van der Waals surface area contributed by atoms with Crippen LogP contribution in [-0.2, 0) is 11.2 Å². The SMILES string of the molecule is NC(Cc1ccc2[nH]ncc2c1)C(=O)N1CCN(c2ccncc2)CC1. The van der Waals surface area contributed by atoms with E-state index in [4.69, 9.17) is 5.73 Å². The first-order chi connectivity index (χ1) is 12.7. The number of hydrogen-bond donors (Lipinski definition) is 2. The predicted molar refractivity (Wildman–Crippen MR) is 101 cm³/mol. The van der Waals surface area contributed by atoms with Crippen molar-refractivity contribution < 1.29 is 4.79 Å². The number of fused-ring (bicyclic) bond motifs is 1. The summed E-state index contributed by atoms with van der Waals surface area (Å²) in [6.07, 6.45) is 5.90. The van der Waals surface area contributed by atoms with E-state index in [2.05, 4.69) is 20.1 Å². The molecule has 4 rings (SSSR count). The summed E-state index contributed by atoms with van der Waals surface area (Å²) < 4.78 is 0. The number of piperazine rings is 1. The number of nitrogens with zero attached hydrogens (tertiary/aromatic N) is 4. The third-order valence-corrected chi connectivity index (χ3v) is 4.90. The molecule has 0 saturated carbocycles. The molecule has 3 aromatic rings. The fraction of sp³-hybridized carbons (Fsp3) is 0.316. The molecule has 0 spiro atoms. The highest BCUT2D eigenvalue weighted by atomic mass is 16.2. The second-order valence-electron chi connectivity index (χ2n) is 6.62.